The third-order valence-electron chi connectivity index (χ3n) is 11.0. The lowest BCUT2D eigenvalue weighted by molar-refractivity contribution is -0.264. The van der Waals surface area contributed by atoms with E-state index in [9.17, 15) is 5.11 Å². The summed E-state index contributed by atoms with van der Waals surface area (Å²) in [7, 11) is 0. The van der Waals surface area contributed by atoms with E-state index < -0.39 is 0 Å². The topological polar surface area (TPSA) is 38.7 Å². The van der Waals surface area contributed by atoms with Gasteiger partial charge < -0.3 is 14.6 Å². The van der Waals surface area contributed by atoms with Crippen molar-refractivity contribution < 1.29 is 14.6 Å². The number of fused-ring (bicyclic) bond motifs is 7. The molecule has 3 nitrogen and oxygen atoms in total. The molecular formula is C26H40O3. The van der Waals surface area contributed by atoms with Gasteiger partial charge >= 0.3 is 0 Å². The fourth-order valence-corrected chi connectivity index (χ4v) is 9.56. The lowest BCUT2D eigenvalue weighted by atomic mass is 9.47. The molecule has 1 N–H and O–H groups in total. The van der Waals surface area contributed by atoms with E-state index in [1.54, 1.807) is 5.57 Å². The van der Waals surface area contributed by atoms with Crippen LogP contribution in [0, 0.1) is 40.4 Å². The van der Waals surface area contributed by atoms with E-state index in [0.29, 0.717) is 28.8 Å². The molecular weight excluding hydrogens is 360 g/mol. The zero-order valence-corrected chi connectivity index (χ0v) is 18.7. The summed E-state index contributed by atoms with van der Waals surface area (Å²) in [6.07, 6.45) is 14.7. The van der Waals surface area contributed by atoms with Crippen molar-refractivity contribution in [3.05, 3.63) is 11.6 Å². The molecule has 0 aromatic rings. The molecule has 0 unspecified atom stereocenters. The molecule has 0 radical (unpaired) electrons. The van der Waals surface area contributed by atoms with Crippen LogP contribution in [-0.4, -0.2) is 29.7 Å². The van der Waals surface area contributed by atoms with Gasteiger partial charge in [0.05, 0.1) is 18.8 Å². The number of hydrogen-bond acceptors (Lipinski definition) is 3. The number of allylic oxidation sites excluding steroid dienone is 1. The van der Waals surface area contributed by atoms with Crippen molar-refractivity contribution in [2.24, 2.45) is 40.4 Å². The molecule has 162 valence electrons. The van der Waals surface area contributed by atoms with Crippen molar-refractivity contribution in [2.75, 3.05) is 6.61 Å². The van der Waals surface area contributed by atoms with Gasteiger partial charge in [0.25, 0.3) is 0 Å². The van der Waals surface area contributed by atoms with Crippen molar-refractivity contribution >= 4 is 0 Å². The number of rotatable bonds is 0. The molecule has 0 aromatic carbocycles. The minimum absolute atomic E-state index is 0.105. The second-order valence-corrected chi connectivity index (χ2v) is 12.0. The molecule has 1 spiro atoms. The van der Waals surface area contributed by atoms with E-state index in [2.05, 4.69) is 26.8 Å². The Balaban J connectivity index is 1.30. The van der Waals surface area contributed by atoms with Crippen LogP contribution < -0.4 is 0 Å². The zero-order valence-electron chi connectivity index (χ0n) is 18.7. The van der Waals surface area contributed by atoms with Crippen molar-refractivity contribution in [3.8, 4) is 0 Å². The molecule has 6 aliphatic rings. The second kappa shape index (κ2) is 6.33. The summed E-state index contributed by atoms with van der Waals surface area (Å²) in [6, 6.07) is 0. The van der Waals surface area contributed by atoms with Crippen LogP contribution in [0.3, 0.4) is 0 Å². The Bertz CT molecular complexity index is 709. The molecule has 3 heteroatoms. The van der Waals surface area contributed by atoms with Crippen LogP contribution in [-0.2, 0) is 9.47 Å². The molecule has 5 fully saturated rings. The lowest BCUT2D eigenvalue weighted by Crippen LogP contribution is -2.52. The summed E-state index contributed by atoms with van der Waals surface area (Å²) >= 11 is 0. The third-order valence-corrected chi connectivity index (χ3v) is 11.0. The summed E-state index contributed by atoms with van der Waals surface area (Å²) in [6.45, 7) is 8.47. The molecule has 6 rings (SSSR count). The Morgan fingerprint density at radius 1 is 1.07 bits per heavy atom. The maximum atomic E-state index is 10.2. The molecule has 2 aliphatic heterocycles. The minimum Gasteiger partial charge on any atom is -0.393 e. The molecule has 0 amide bonds. The van der Waals surface area contributed by atoms with Crippen molar-refractivity contribution in [1.29, 1.82) is 0 Å². The second-order valence-electron chi connectivity index (χ2n) is 12.0. The van der Waals surface area contributed by atoms with E-state index in [1.165, 1.54) is 44.9 Å². The van der Waals surface area contributed by atoms with Crippen LogP contribution in [0.25, 0.3) is 0 Å². The molecule has 29 heavy (non-hydrogen) atoms. The Labute approximate surface area is 176 Å². The smallest absolute Gasteiger partial charge is 0.171 e. The summed E-state index contributed by atoms with van der Waals surface area (Å²) in [4.78, 5) is 0. The number of aliphatic hydroxyl groups is 1. The van der Waals surface area contributed by atoms with E-state index in [-0.39, 0.29) is 11.9 Å². The average Bonchev–Trinajstić information content (AvgIpc) is 3.14. The predicted octanol–water partition coefficient (Wildman–Crippen LogP) is 5.47. The lowest BCUT2D eigenvalue weighted by Gasteiger charge is -2.58. The first-order chi connectivity index (χ1) is 13.9. The van der Waals surface area contributed by atoms with Crippen molar-refractivity contribution in [2.45, 2.75) is 103 Å². The van der Waals surface area contributed by atoms with Crippen LogP contribution in [0.15, 0.2) is 11.6 Å². The highest BCUT2D eigenvalue weighted by molar-refractivity contribution is 5.26. The van der Waals surface area contributed by atoms with Gasteiger partial charge in [-0.15, -0.1) is 0 Å². The monoisotopic (exact) mass is 400 g/mol. The van der Waals surface area contributed by atoms with Gasteiger partial charge in [-0.05, 0) is 92.3 Å². The summed E-state index contributed by atoms with van der Waals surface area (Å²) < 4.78 is 13.2. The number of hydrogen-bond donors (Lipinski definition) is 1. The first kappa shape index (κ1) is 19.3. The molecule has 3 saturated carbocycles. The van der Waals surface area contributed by atoms with Crippen LogP contribution >= 0.6 is 0 Å². The zero-order chi connectivity index (χ0) is 20.0. The van der Waals surface area contributed by atoms with Crippen LogP contribution in [0.4, 0.5) is 0 Å². The Kier molecular flexibility index (Phi) is 4.21. The summed E-state index contributed by atoms with van der Waals surface area (Å²) in [5, 5.41) is 10.2. The van der Waals surface area contributed by atoms with Crippen molar-refractivity contribution in [1.82, 2.24) is 0 Å². The van der Waals surface area contributed by atoms with Crippen LogP contribution in [0.1, 0.15) is 85.0 Å². The van der Waals surface area contributed by atoms with Gasteiger partial charge in [-0.1, -0.05) is 32.4 Å². The highest BCUT2D eigenvalue weighted by Crippen LogP contribution is 2.70. The largest absolute Gasteiger partial charge is 0.393 e. The first-order valence-electron chi connectivity index (χ1n) is 12.6. The Morgan fingerprint density at radius 3 is 2.72 bits per heavy atom. The molecule has 4 aliphatic carbocycles. The molecule has 2 heterocycles. The normalized spacial score (nSPS) is 58.9. The molecule has 2 saturated heterocycles. The number of ether oxygens (including phenoxy) is 2. The predicted molar refractivity (Wildman–Crippen MR) is 113 cm³/mol. The van der Waals surface area contributed by atoms with Gasteiger partial charge in [0.15, 0.2) is 5.79 Å². The quantitative estimate of drug-likeness (QED) is 0.548. The van der Waals surface area contributed by atoms with Gasteiger partial charge in [0.1, 0.15) is 0 Å². The standard InChI is InChI=1S/C26H40O3/c1-16-23-22(29-26(16)10-4-5-13-28-26)15-21-19-7-6-17-14-18(27)8-11-24(17,2)20(19)9-12-25(21,23)3/h6,16,18-23,27H,4-5,7-15H2,1-3H3/t16-,18+,19+,20-,21+,22-,23-,24+,25+,26+/m1/s1. The summed E-state index contributed by atoms with van der Waals surface area (Å²) in [5.41, 5.74) is 2.32. The summed E-state index contributed by atoms with van der Waals surface area (Å²) in [5.74, 6) is 3.32. The molecule has 0 aromatic heterocycles. The Hall–Kier alpha value is -0.380. The van der Waals surface area contributed by atoms with Gasteiger partial charge in [0, 0.05) is 12.3 Å². The van der Waals surface area contributed by atoms with E-state index in [1.807, 2.05) is 0 Å². The highest BCUT2D eigenvalue weighted by Gasteiger charge is 2.68. The van der Waals surface area contributed by atoms with Gasteiger partial charge in [-0.3, -0.25) is 0 Å². The van der Waals surface area contributed by atoms with Crippen molar-refractivity contribution in [3.63, 3.8) is 0 Å². The fraction of sp³-hybridized carbons (Fsp3) is 0.923. The van der Waals surface area contributed by atoms with Gasteiger partial charge in [-0.25, -0.2) is 0 Å². The van der Waals surface area contributed by atoms with Crippen LogP contribution in [0.2, 0.25) is 0 Å². The highest BCUT2D eigenvalue weighted by atomic mass is 16.7. The van der Waals surface area contributed by atoms with Gasteiger partial charge in [-0.2, -0.15) is 0 Å². The molecule has 0 bridgehead atoms. The number of aliphatic hydroxyl groups excluding tert-OH is 1. The SMILES string of the molecule is C[C@@H]1[C@@H]2[C@@H](C[C@H]3[C@H]4CC=C5C[C@@H](O)CC[C@]5(C)[C@@H]4CC[C@]23C)O[C@@]12CCCCO2. The minimum atomic E-state index is -0.274. The average molecular weight is 401 g/mol. The Morgan fingerprint density at radius 2 is 1.93 bits per heavy atom. The van der Waals surface area contributed by atoms with Crippen LogP contribution in [0.5, 0.6) is 0 Å². The third kappa shape index (κ3) is 2.47. The van der Waals surface area contributed by atoms with Gasteiger partial charge in [0.2, 0.25) is 0 Å². The van der Waals surface area contributed by atoms with E-state index in [0.717, 1.165) is 43.6 Å². The first-order valence-corrected chi connectivity index (χ1v) is 12.6. The molecule has 10 atom stereocenters. The van der Waals surface area contributed by atoms with E-state index in [4.69, 9.17) is 9.47 Å². The van der Waals surface area contributed by atoms with E-state index >= 15 is 0 Å². The fourth-order valence-electron chi connectivity index (χ4n) is 9.56. The maximum Gasteiger partial charge on any atom is 0.171 e. The maximum absolute atomic E-state index is 10.2.